The second-order valence-corrected chi connectivity index (χ2v) is 8.49. The maximum atomic E-state index is 12.2. The van der Waals surface area contributed by atoms with Gasteiger partial charge in [-0.2, -0.15) is 0 Å². The van der Waals surface area contributed by atoms with E-state index in [0.29, 0.717) is 21.3 Å². The lowest BCUT2D eigenvalue weighted by Gasteiger charge is -2.12. The standard InChI is InChI=1S/C17H17Cl2NO3S/c1-11-7-12(2)17(15(19)8-11)20-16(21)10-24(22,23)9-13-5-3-4-6-14(13)18/h3-8H,9-10H2,1-2H3,(H,20,21). The van der Waals surface area contributed by atoms with Crippen molar-refractivity contribution in [3.63, 3.8) is 0 Å². The van der Waals surface area contributed by atoms with Crippen molar-refractivity contribution in [1.82, 2.24) is 0 Å². The second kappa shape index (κ2) is 7.55. The fourth-order valence-corrected chi connectivity index (χ4v) is 4.30. The first-order chi connectivity index (χ1) is 11.2. The summed E-state index contributed by atoms with van der Waals surface area (Å²) >= 11 is 12.1. The van der Waals surface area contributed by atoms with Gasteiger partial charge in [-0.1, -0.05) is 47.5 Å². The minimum absolute atomic E-state index is 0.291. The Kier molecular flexibility index (Phi) is 5.91. The molecule has 0 unspecified atom stereocenters. The van der Waals surface area contributed by atoms with Crippen LogP contribution in [0.25, 0.3) is 0 Å². The molecular weight excluding hydrogens is 369 g/mol. The van der Waals surface area contributed by atoms with E-state index in [9.17, 15) is 13.2 Å². The number of halogens is 2. The van der Waals surface area contributed by atoms with E-state index < -0.39 is 21.5 Å². The van der Waals surface area contributed by atoms with Gasteiger partial charge in [0.15, 0.2) is 9.84 Å². The maximum Gasteiger partial charge on any atom is 0.239 e. The fraction of sp³-hybridized carbons (Fsp3) is 0.235. The number of sulfone groups is 1. The average molecular weight is 386 g/mol. The molecule has 0 aliphatic heterocycles. The van der Waals surface area contributed by atoms with E-state index in [2.05, 4.69) is 5.32 Å². The Morgan fingerprint density at radius 2 is 1.75 bits per heavy atom. The van der Waals surface area contributed by atoms with Crippen molar-refractivity contribution in [2.24, 2.45) is 0 Å². The molecule has 0 saturated heterocycles. The first-order valence-electron chi connectivity index (χ1n) is 7.18. The molecule has 0 radical (unpaired) electrons. The Labute approximate surface area is 151 Å². The highest BCUT2D eigenvalue weighted by Gasteiger charge is 2.20. The zero-order valence-corrected chi connectivity index (χ0v) is 15.6. The molecule has 0 aliphatic rings. The van der Waals surface area contributed by atoms with Gasteiger partial charge in [0, 0.05) is 5.02 Å². The highest BCUT2D eigenvalue weighted by atomic mass is 35.5. The monoisotopic (exact) mass is 385 g/mol. The molecule has 0 heterocycles. The largest absolute Gasteiger partial charge is 0.324 e. The molecule has 2 rings (SSSR count). The molecule has 1 amide bonds. The van der Waals surface area contributed by atoms with Gasteiger partial charge >= 0.3 is 0 Å². The molecule has 2 aromatic rings. The number of rotatable bonds is 5. The van der Waals surface area contributed by atoms with E-state index in [4.69, 9.17) is 23.2 Å². The molecule has 0 aromatic heterocycles. The number of hydrogen-bond donors (Lipinski definition) is 1. The van der Waals surface area contributed by atoms with Crippen LogP contribution < -0.4 is 5.32 Å². The van der Waals surface area contributed by atoms with Crippen LogP contribution in [0.1, 0.15) is 16.7 Å². The number of benzene rings is 2. The van der Waals surface area contributed by atoms with Gasteiger partial charge in [-0.15, -0.1) is 0 Å². The Morgan fingerprint density at radius 3 is 2.38 bits per heavy atom. The summed E-state index contributed by atoms with van der Waals surface area (Å²) in [5.41, 5.74) is 2.63. The number of amides is 1. The van der Waals surface area contributed by atoms with E-state index in [0.717, 1.165) is 11.1 Å². The molecule has 1 N–H and O–H groups in total. The summed E-state index contributed by atoms with van der Waals surface area (Å²) in [6.07, 6.45) is 0. The van der Waals surface area contributed by atoms with Crippen molar-refractivity contribution < 1.29 is 13.2 Å². The number of aryl methyl sites for hydroxylation is 2. The molecule has 2 aromatic carbocycles. The average Bonchev–Trinajstić information content (AvgIpc) is 2.44. The third kappa shape index (κ3) is 4.97. The topological polar surface area (TPSA) is 63.2 Å². The van der Waals surface area contributed by atoms with Crippen molar-refractivity contribution >= 4 is 44.6 Å². The predicted octanol–water partition coefficient (Wildman–Crippen LogP) is 4.16. The highest BCUT2D eigenvalue weighted by molar-refractivity contribution is 7.91. The van der Waals surface area contributed by atoms with E-state index in [1.165, 1.54) is 0 Å². The number of hydrogen-bond acceptors (Lipinski definition) is 3. The van der Waals surface area contributed by atoms with Gasteiger partial charge in [0.1, 0.15) is 5.75 Å². The second-order valence-electron chi connectivity index (χ2n) is 5.61. The van der Waals surface area contributed by atoms with Gasteiger partial charge in [0.05, 0.1) is 16.5 Å². The molecule has 24 heavy (non-hydrogen) atoms. The lowest BCUT2D eigenvalue weighted by Crippen LogP contribution is -2.24. The van der Waals surface area contributed by atoms with Gasteiger partial charge in [-0.3, -0.25) is 4.79 Å². The normalized spacial score (nSPS) is 11.3. The number of anilines is 1. The predicted molar refractivity (Wildman–Crippen MR) is 98.5 cm³/mol. The molecule has 7 heteroatoms. The molecule has 128 valence electrons. The molecule has 0 fully saturated rings. The lowest BCUT2D eigenvalue weighted by molar-refractivity contribution is -0.113. The van der Waals surface area contributed by atoms with Crippen LogP contribution >= 0.6 is 23.2 Å². The number of carbonyl (C=O) groups excluding carboxylic acids is 1. The highest BCUT2D eigenvalue weighted by Crippen LogP contribution is 2.27. The minimum atomic E-state index is -3.65. The quantitative estimate of drug-likeness (QED) is 0.839. The Hall–Kier alpha value is -1.56. The molecule has 0 aliphatic carbocycles. The van der Waals surface area contributed by atoms with Crippen LogP contribution in [0.15, 0.2) is 36.4 Å². The van der Waals surface area contributed by atoms with E-state index >= 15 is 0 Å². The van der Waals surface area contributed by atoms with Gasteiger partial charge < -0.3 is 5.32 Å². The van der Waals surface area contributed by atoms with E-state index in [1.807, 2.05) is 13.0 Å². The minimum Gasteiger partial charge on any atom is -0.324 e. The molecule has 0 atom stereocenters. The van der Waals surface area contributed by atoms with Gasteiger partial charge in [0.2, 0.25) is 5.91 Å². The fourth-order valence-electron chi connectivity index (χ4n) is 2.35. The molecular formula is C17H17Cl2NO3S. The number of nitrogens with one attached hydrogen (secondary N) is 1. The Balaban J connectivity index is 2.11. The lowest BCUT2D eigenvalue weighted by atomic mass is 10.1. The van der Waals surface area contributed by atoms with Crippen LogP contribution in [-0.2, 0) is 20.4 Å². The van der Waals surface area contributed by atoms with Crippen molar-refractivity contribution in [3.8, 4) is 0 Å². The van der Waals surface area contributed by atoms with E-state index in [1.54, 1.807) is 37.3 Å². The Morgan fingerprint density at radius 1 is 1.08 bits per heavy atom. The SMILES string of the molecule is Cc1cc(C)c(NC(=O)CS(=O)(=O)Cc2ccccc2Cl)c(Cl)c1. The third-order valence-electron chi connectivity index (χ3n) is 3.38. The summed E-state index contributed by atoms with van der Waals surface area (Å²) in [5.74, 6) is -1.56. The summed E-state index contributed by atoms with van der Waals surface area (Å²) in [4.78, 5) is 12.1. The number of carbonyl (C=O) groups is 1. The summed E-state index contributed by atoms with van der Waals surface area (Å²) in [6, 6.07) is 10.2. The summed E-state index contributed by atoms with van der Waals surface area (Å²) in [6.45, 7) is 3.69. The first kappa shape index (κ1) is 18.8. The molecule has 0 saturated carbocycles. The van der Waals surface area contributed by atoms with Crippen LogP contribution in [0.5, 0.6) is 0 Å². The van der Waals surface area contributed by atoms with Crippen LogP contribution in [0.4, 0.5) is 5.69 Å². The van der Waals surface area contributed by atoms with Crippen molar-refractivity contribution in [3.05, 3.63) is 63.1 Å². The summed E-state index contributed by atoms with van der Waals surface area (Å²) in [7, 11) is -3.65. The van der Waals surface area contributed by atoms with Gasteiger partial charge in [0.25, 0.3) is 0 Å². The Bertz CT molecular complexity index is 856. The van der Waals surface area contributed by atoms with Crippen molar-refractivity contribution in [2.75, 3.05) is 11.1 Å². The summed E-state index contributed by atoms with van der Waals surface area (Å²) < 4.78 is 24.4. The summed E-state index contributed by atoms with van der Waals surface area (Å²) in [5, 5.41) is 3.32. The molecule has 0 bridgehead atoms. The van der Waals surface area contributed by atoms with E-state index in [-0.39, 0.29) is 5.75 Å². The van der Waals surface area contributed by atoms with Gasteiger partial charge in [-0.25, -0.2) is 8.42 Å². The zero-order valence-electron chi connectivity index (χ0n) is 13.3. The molecule has 0 spiro atoms. The van der Waals surface area contributed by atoms with Crippen LogP contribution in [0, 0.1) is 13.8 Å². The first-order valence-corrected chi connectivity index (χ1v) is 9.76. The molecule has 4 nitrogen and oxygen atoms in total. The van der Waals surface area contributed by atoms with Crippen LogP contribution in [0.3, 0.4) is 0 Å². The maximum absolute atomic E-state index is 12.2. The van der Waals surface area contributed by atoms with Crippen LogP contribution in [-0.4, -0.2) is 20.1 Å². The van der Waals surface area contributed by atoms with Crippen molar-refractivity contribution in [2.45, 2.75) is 19.6 Å². The third-order valence-corrected chi connectivity index (χ3v) is 5.50. The zero-order chi connectivity index (χ0) is 17.9. The van der Waals surface area contributed by atoms with Crippen LogP contribution in [0.2, 0.25) is 10.0 Å². The smallest absolute Gasteiger partial charge is 0.239 e. The van der Waals surface area contributed by atoms with Crippen molar-refractivity contribution in [1.29, 1.82) is 0 Å². The van der Waals surface area contributed by atoms with Gasteiger partial charge in [-0.05, 0) is 42.7 Å².